The summed E-state index contributed by atoms with van der Waals surface area (Å²) in [5.41, 5.74) is 1.39. The van der Waals surface area contributed by atoms with Gasteiger partial charge in [0, 0.05) is 10.9 Å². The zero-order valence-corrected chi connectivity index (χ0v) is 14.1. The molecule has 2 aromatic heterocycles. The predicted octanol–water partition coefficient (Wildman–Crippen LogP) is 2.87. The van der Waals surface area contributed by atoms with Crippen LogP contribution in [0.4, 0.5) is 0 Å². The van der Waals surface area contributed by atoms with E-state index in [1.54, 1.807) is 13.8 Å². The molecule has 2 rings (SSSR count). The Balaban J connectivity index is 2.07. The van der Waals surface area contributed by atoms with Gasteiger partial charge in [0.1, 0.15) is 11.8 Å². The summed E-state index contributed by atoms with van der Waals surface area (Å²) in [7, 11) is 0. The molecule has 2 aromatic rings. The predicted molar refractivity (Wildman–Crippen MR) is 87.3 cm³/mol. The lowest BCUT2D eigenvalue weighted by Gasteiger charge is -2.19. The van der Waals surface area contributed by atoms with E-state index in [1.165, 1.54) is 11.3 Å². The molecular formula is C16H20N2O4S. The highest BCUT2D eigenvalue weighted by molar-refractivity contribution is 7.08. The smallest absolute Gasteiger partial charge is 0.326 e. The maximum absolute atomic E-state index is 12.1. The standard InChI is InChI=1S/C16H20N2O4S/c1-4-9(2)14(16(20)21)18-13(19)7-12-10(3)22-15(17-12)11-5-6-23-8-11/h5-6,8-9,14H,4,7H2,1-3H3,(H,18,19)(H,20,21)/t9-,14-/m0/s1. The molecule has 0 aromatic carbocycles. The third-order valence-electron chi connectivity index (χ3n) is 3.78. The number of aromatic nitrogens is 1. The number of aryl methyl sites for hydroxylation is 1. The van der Waals surface area contributed by atoms with Crippen molar-refractivity contribution in [1.82, 2.24) is 10.3 Å². The Kier molecular flexibility index (Phi) is 5.54. The van der Waals surface area contributed by atoms with E-state index in [0.29, 0.717) is 23.8 Å². The molecule has 6 nitrogen and oxygen atoms in total. The van der Waals surface area contributed by atoms with Gasteiger partial charge in [0.05, 0.1) is 12.1 Å². The summed E-state index contributed by atoms with van der Waals surface area (Å²) >= 11 is 1.54. The number of carbonyl (C=O) groups excluding carboxylic acids is 1. The molecular weight excluding hydrogens is 316 g/mol. The van der Waals surface area contributed by atoms with Gasteiger partial charge in [-0.25, -0.2) is 9.78 Å². The van der Waals surface area contributed by atoms with E-state index < -0.39 is 12.0 Å². The zero-order valence-electron chi connectivity index (χ0n) is 13.3. The van der Waals surface area contributed by atoms with Gasteiger partial charge < -0.3 is 14.8 Å². The minimum atomic E-state index is -1.02. The number of carboxylic acid groups (broad SMARTS) is 1. The first-order chi connectivity index (χ1) is 10.9. The number of rotatable bonds is 7. The number of nitrogens with zero attached hydrogens (tertiary/aromatic N) is 1. The Hall–Kier alpha value is -2.15. The summed E-state index contributed by atoms with van der Waals surface area (Å²) in [6.45, 7) is 5.44. The van der Waals surface area contributed by atoms with Crippen LogP contribution in [0, 0.1) is 12.8 Å². The third kappa shape index (κ3) is 4.19. The van der Waals surface area contributed by atoms with Gasteiger partial charge >= 0.3 is 5.97 Å². The van der Waals surface area contributed by atoms with Gasteiger partial charge in [-0.3, -0.25) is 4.79 Å². The molecule has 23 heavy (non-hydrogen) atoms. The maximum atomic E-state index is 12.1. The third-order valence-corrected chi connectivity index (χ3v) is 4.47. The van der Waals surface area contributed by atoms with Crippen LogP contribution in [0.3, 0.4) is 0 Å². The van der Waals surface area contributed by atoms with E-state index in [2.05, 4.69) is 10.3 Å². The number of hydrogen-bond acceptors (Lipinski definition) is 5. The van der Waals surface area contributed by atoms with E-state index in [0.717, 1.165) is 5.56 Å². The van der Waals surface area contributed by atoms with Crippen LogP contribution in [0.1, 0.15) is 31.7 Å². The van der Waals surface area contributed by atoms with Crippen molar-refractivity contribution in [3.8, 4) is 11.5 Å². The SMILES string of the molecule is CC[C@H](C)[C@H](NC(=O)Cc1nc(-c2ccsc2)oc1C)C(=O)O. The van der Waals surface area contributed by atoms with Gasteiger partial charge in [-0.05, 0) is 24.3 Å². The first-order valence-electron chi connectivity index (χ1n) is 7.43. The summed E-state index contributed by atoms with van der Waals surface area (Å²) in [6.07, 6.45) is 0.669. The second-order valence-electron chi connectivity index (χ2n) is 5.48. The minimum absolute atomic E-state index is 0.000313. The van der Waals surface area contributed by atoms with Crippen molar-refractivity contribution < 1.29 is 19.1 Å². The molecule has 2 heterocycles. The maximum Gasteiger partial charge on any atom is 0.326 e. The molecule has 2 N–H and O–H groups in total. The Morgan fingerprint density at radius 3 is 2.78 bits per heavy atom. The number of thiophene rings is 1. The summed E-state index contributed by atoms with van der Waals surface area (Å²) in [5.74, 6) is -0.495. The quantitative estimate of drug-likeness (QED) is 0.811. The molecule has 0 aliphatic carbocycles. The molecule has 0 radical (unpaired) electrons. The first kappa shape index (κ1) is 17.2. The van der Waals surface area contributed by atoms with Crippen molar-refractivity contribution in [3.63, 3.8) is 0 Å². The number of nitrogens with one attached hydrogen (secondary N) is 1. The second-order valence-corrected chi connectivity index (χ2v) is 6.26. The first-order valence-corrected chi connectivity index (χ1v) is 8.37. The van der Waals surface area contributed by atoms with Crippen LogP contribution in [-0.2, 0) is 16.0 Å². The number of amides is 1. The summed E-state index contributed by atoms with van der Waals surface area (Å²) in [5, 5.41) is 15.6. The van der Waals surface area contributed by atoms with Gasteiger partial charge in [0.15, 0.2) is 0 Å². The topological polar surface area (TPSA) is 92.4 Å². The van der Waals surface area contributed by atoms with Crippen LogP contribution in [0.15, 0.2) is 21.2 Å². The van der Waals surface area contributed by atoms with Crippen molar-refractivity contribution in [1.29, 1.82) is 0 Å². The molecule has 0 aliphatic heterocycles. The van der Waals surface area contributed by atoms with E-state index in [9.17, 15) is 14.7 Å². The molecule has 0 bridgehead atoms. The molecule has 7 heteroatoms. The Morgan fingerprint density at radius 1 is 1.48 bits per heavy atom. The lowest BCUT2D eigenvalue weighted by atomic mass is 9.99. The van der Waals surface area contributed by atoms with Crippen molar-refractivity contribution in [2.45, 2.75) is 39.7 Å². The van der Waals surface area contributed by atoms with Gasteiger partial charge in [0.2, 0.25) is 11.8 Å². The highest BCUT2D eigenvalue weighted by Crippen LogP contribution is 2.24. The van der Waals surface area contributed by atoms with Crippen molar-refractivity contribution in [2.75, 3.05) is 0 Å². The fraction of sp³-hybridized carbons (Fsp3) is 0.438. The van der Waals surface area contributed by atoms with E-state index >= 15 is 0 Å². The van der Waals surface area contributed by atoms with Crippen LogP contribution >= 0.6 is 11.3 Å². The normalized spacial score (nSPS) is 13.5. The van der Waals surface area contributed by atoms with Gasteiger partial charge in [0.25, 0.3) is 0 Å². The molecule has 0 saturated carbocycles. The van der Waals surface area contributed by atoms with Crippen LogP contribution < -0.4 is 5.32 Å². The number of oxazole rings is 1. The van der Waals surface area contributed by atoms with Crippen molar-refractivity contribution in [3.05, 3.63) is 28.3 Å². The molecule has 0 fully saturated rings. The number of hydrogen-bond donors (Lipinski definition) is 2. The fourth-order valence-corrected chi connectivity index (χ4v) is 2.79. The number of carboxylic acids is 1. The molecule has 124 valence electrons. The van der Waals surface area contributed by atoms with Gasteiger partial charge in [-0.15, -0.1) is 0 Å². The van der Waals surface area contributed by atoms with Crippen LogP contribution in [-0.4, -0.2) is 28.0 Å². The molecule has 0 aliphatic rings. The van der Waals surface area contributed by atoms with E-state index in [4.69, 9.17) is 4.42 Å². The largest absolute Gasteiger partial charge is 0.480 e. The summed E-state index contributed by atoms with van der Waals surface area (Å²) in [4.78, 5) is 27.7. The molecule has 0 spiro atoms. The Bertz CT molecular complexity index is 678. The average molecular weight is 336 g/mol. The fourth-order valence-electron chi connectivity index (χ4n) is 2.16. The summed E-state index contributed by atoms with van der Waals surface area (Å²) in [6, 6.07) is 0.999. The Labute approximate surface area is 138 Å². The lowest BCUT2D eigenvalue weighted by Crippen LogP contribution is -2.45. The van der Waals surface area contributed by atoms with Gasteiger partial charge in [-0.1, -0.05) is 20.3 Å². The monoisotopic (exact) mass is 336 g/mol. The van der Waals surface area contributed by atoms with E-state index in [-0.39, 0.29) is 18.2 Å². The van der Waals surface area contributed by atoms with Gasteiger partial charge in [-0.2, -0.15) is 11.3 Å². The second kappa shape index (κ2) is 7.41. The number of aliphatic carboxylic acids is 1. The average Bonchev–Trinajstić information content (AvgIpc) is 3.14. The molecule has 0 saturated heterocycles. The zero-order chi connectivity index (χ0) is 17.0. The van der Waals surface area contributed by atoms with Crippen LogP contribution in [0.5, 0.6) is 0 Å². The molecule has 2 atom stereocenters. The molecule has 0 unspecified atom stereocenters. The summed E-state index contributed by atoms with van der Waals surface area (Å²) < 4.78 is 5.58. The number of carbonyl (C=O) groups is 2. The van der Waals surface area contributed by atoms with Crippen LogP contribution in [0.25, 0.3) is 11.5 Å². The molecule has 1 amide bonds. The minimum Gasteiger partial charge on any atom is -0.480 e. The Morgan fingerprint density at radius 2 is 2.22 bits per heavy atom. The van der Waals surface area contributed by atoms with E-state index in [1.807, 2.05) is 23.8 Å². The highest BCUT2D eigenvalue weighted by atomic mass is 32.1. The highest BCUT2D eigenvalue weighted by Gasteiger charge is 2.26. The lowest BCUT2D eigenvalue weighted by molar-refractivity contribution is -0.143. The van der Waals surface area contributed by atoms with Crippen LogP contribution in [0.2, 0.25) is 0 Å². The van der Waals surface area contributed by atoms with Crippen molar-refractivity contribution in [2.24, 2.45) is 5.92 Å². The van der Waals surface area contributed by atoms with Crippen molar-refractivity contribution >= 4 is 23.2 Å².